The zero-order valence-corrected chi connectivity index (χ0v) is 15.5. The summed E-state index contributed by atoms with van der Waals surface area (Å²) < 4.78 is 49.1. The minimum absolute atomic E-state index is 0.0119. The maximum Gasteiger partial charge on any atom is 0.254 e. The van der Waals surface area contributed by atoms with Crippen molar-refractivity contribution >= 4 is 25.8 Å². The van der Waals surface area contributed by atoms with E-state index < -0.39 is 20.0 Å². The van der Waals surface area contributed by atoms with Crippen molar-refractivity contribution in [2.75, 3.05) is 0 Å². The molecule has 0 unspecified atom stereocenters. The monoisotopic (exact) mass is 382 g/mol. The molecule has 0 heterocycles. The molecule has 0 fully saturated rings. The van der Waals surface area contributed by atoms with Crippen molar-refractivity contribution in [2.24, 2.45) is 0 Å². The fourth-order valence-electron chi connectivity index (χ4n) is 2.09. The fourth-order valence-corrected chi connectivity index (χ4v) is 4.52. The van der Waals surface area contributed by atoms with Gasteiger partial charge >= 0.3 is 0 Å². The van der Waals surface area contributed by atoms with E-state index >= 15 is 0 Å². The molecular formula is C16H18N2O5S2. The summed E-state index contributed by atoms with van der Waals surface area (Å²) in [7, 11) is -8.19. The van der Waals surface area contributed by atoms with Crippen LogP contribution in [0, 0.1) is 13.8 Å². The molecule has 0 bridgehead atoms. The van der Waals surface area contributed by atoms with Crippen molar-refractivity contribution in [2.45, 2.75) is 30.6 Å². The summed E-state index contributed by atoms with van der Waals surface area (Å²) in [6.45, 7) is 4.71. The lowest BCUT2D eigenvalue weighted by Crippen LogP contribution is -2.41. The second-order valence-corrected chi connectivity index (χ2v) is 8.89. The van der Waals surface area contributed by atoms with Gasteiger partial charge in [0.1, 0.15) is 0 Å². The van der Waals surface area contributed by atoms with Gasteiger partial charge in [-0.15, -0.1) is 9.66 Å². The normalized spacial score (nSPS) is 12.1. The van der Waals surface area contributed by atoms with Crippen molar-refractivity contribution in [3.8, 4) is 0 Å². The topological polar surface area (TPSA) is 109 Å². The van der Waals surface area contributed by atoms with Gasteiger partial charge in [0.05, 0.1) is 9.79 Å². The molecule has 0 saturated heterocycles. The standard InChI is InChI=1S/C16H18N2O5S2/c1-11-4-5-12(2)16(10-11)25(22,23)18-17-24(20,21)15-8-6-14(7-9-15)13(3)19/h4-10,17-18H,1-3H3. The number of carbonyl (C=O) groups is 1. The van der Waals surface area contributed by atoms with E-state index in [1.807, 2.05) is 9.66 Å². The molecule has 2 N–H and O–H groups in total. The van der Waals surface area contributed by atoms with Crippen LogP contribution in [0.1, 0.15) is 28.4 Å². The molecule has 0 radical (unpaired) electrons. The molecule has 0 atom stereocenters. The molecular weight excluding hydrogens is 364 g/mol. The van der Waals surface area contributed by atoms with E-state index in [2.05, 4.69) is 0 Å². The smallest absolute Gasteiger partial charge is 0.254 e. The zero-order valence-electron chi connectivity index (χ0n) is 13.9. The summed E-state index contributed by atoms with van der Waals surface area (Å²) in [5.74, 6) is -0.201. The van der Waals surface area contributed by atoms with Crippen molar-refractivity contribution in [1.82, 2.24) is 9.66 Å². The first-order valence-electron chi connectivity index (χ1n) is 7.25. The molecule has 0 aromatic heterocycles. The van der Waals surface area contributed by atoms with Gasteiger partial charge in [0.15, 0.2) is 5.78 Å². The Morgan fingerprint density at radius 2 is 1.40 bits per heavy atom. The number of aryl methyl sites for hydroxylation is 2. The molecule has 0 aliphatic rings. The highest BCUT2D eigenvalue weighted by Crippen LogP contribution is 2.17. The molecule has 9 heteroatoms. The van der Waals surface area contributed by atoms with E-state index in [0.29, 0.717) is 11.1 Å². The van der Waals surface area contributed by atoms with Crippen LogP contribution >= 0.6 is 0 Å². The number of carbonyl (C=O) groups excluding carboxylic acids is 1. The van der Waals surface area contributed by atoms with Crippen molar-refractivity contribution < 1.29 is 21.6 Å². The highest BCUT2D eigenvalue weighted by Gasteiger charge is 2.21. The summed E-state index contributed by atoms with van der Waals surface area (Å²) >= 11 is 0. The second-order valence-electron chi connectivity index (χ2n) is 5.56. The Kier molecular flexibility index (Phi) is 5.43. The van der Waals surface area contributed by atoms with Crippen LogP contribution < -0.4 is 9.66 Å². The average Bonchev–Trinajstić information content (AvgIpc) is 2.55. The van der Waals surface area contributed by atoms with E-state index in [-0.39, 0.29) is 15.6 Å². The molecule has 134 valence electrons. The van der Waals surface area contributed by atoms with Crippen molar-refractivity contribution in [1.29, 1.82) is 0 Å². The number of ketones is 1. The third-order valence-corrected chi connectivity index (χ3v) is 6.30. The molecule has 0 saturated carbocycles. The van der Waals surface area contributed by atoms with Crippen LogP contribution in [0.3, 0.4) is 0 Å². The van der Waals surface area contributed by atoms with Crippen LogP contribution in [0.5, 0.6) is 0 Å². The maximum absolute atomic E-state index is 12.3. The molecule has 7 nitrogen and oxygen atoms in total. The molecule has 25 heavy (non-hydrogen) atoms. The average molecular weight is 382 g/mol. The van der Waals surface area contributed by atoms with Crippen molar-refractivity contribution in [3.63, 3.8) is 0 Å². The maximum atomic E-state index is 12.3. The fraction of sp³-hybridized carbons (Fsp3) is 0.188. The number of rotatable bonds is 6. The van der Waals surface area contributed by atoms with Crippen LogP contribution in [-0.4, -0.2) is 22.6 Å². The highest BCUT2D eigenvalue weighted by atomic mass is 32.2. The number of hydrogen-bond acceptors (Lipinski definition) is 5. The molecule has 0 aliphatic heterocycles. The molecule has 2 rings (SSSR count). The number of hydrogen-bond donors (Lipinski definition) is 2. The summed E-state index contributed by atoms with van der Waals surface area (Å²) in [6.07, 6.45) is 0. The number of benzene rings is 2. The second kappa shape index (κ2) is 7.04. The minimum Gasteiger partial charge on any atom is -0.295 e. The Labute approximate surface area is 147 Å². The first kappa shape index (κ1) is 19.3. The van der Waals surface area contributed by atoms with Crippen molar-refractivity contribution in [3.05, 3.63) is 59.2 Å². The predicted octanol–water partition coefficient (Wildman–Crippen LogP) is 1.68. The predicted molar refractivity (Wildman–Crippen MR) is 93.0 cm³/mol. The van der Waals surface area contributed by atoms with Gasteiger partial charge in [-0.05, 0) is 50.1 Å². The van der Waals surface area contributed by atoms with Gasteiger partial charge in [-0.1, -0.05) is 24.3 Å². The zero-order chi connectivity index (χ0) is 18.8. The molecule has 0 aliphatic carbocycles. The molecule has 0 spiro atoms. The Morgan fingerprint density at radius 1 is 0.840 bits per heavy atom. The van der Waals surface area contributed by atoms with Gasteiger partial charge in [-0.25, -0.2) is 16.8 Å². The van der Waals surface area contributed by atoms with Crippen LogP contribution in [0.15, 0.2) is 52.3 Å². The Morgan fingerprint density at radius 3 is 1.96 bits per heavy atom. The van der Waals surface area contributed by atoms with Gasteiger partial charge in [-0.3, -0.25) is 4.79 Å². The lowest BCUT2D eigenvalue weighted by atomic mass is 10.2. The number of sulfonamides is 2. The number of hydrazine groups is 1. The van der Waals surface area contributed by atoms with Gasteiger partial charge < -0.3 is 0 Å². The van der Waals surface area contributed by atoms with Gasteiger partial charge in [0.25, 0.3) is 20.0 Å². The Bertz CT molecular complexity index is 1010. The van der Waals surface area contributed by atoms with Gasteiger partial charge in [-0.2, -0.15) is 0 Å². The summed E-state index contributed by atoms with van der Waals surface area (Å²) in [6, 6.07) is 10.0. The number of nitrogens with one attached hydrogen (secondary N) is 2. The van der Waals surface area contributed by atoms with E-state index in [9.17, 15) is 21.6 Å². The van der Waals surface area contributed by atoms with Crippen LogP contribution in [0.4, 0.5) is 0 Å². The highest BCUT2D eigenvalue weighted by molar-refractivity contribution is 7.92. The third-order valence-electron chi connectivity index (χ3n) is 3.51. The largest absolute Gasteiger partial charge is 0.295 e. The third kappa shape index (κ3) is 4.51. The van der Waals surface area contributed by atoms with E-state index in [1.54, 1.807) is 26.0 Å². The lowest BCUT2D eigenvalue weighted by molar-refractivity contribution is 0.101. The molecule has 2 aromatic carbocycles. The van der Waals surface area contributed by atoms with E-state index in [1.165, 1.54) is 37.3 Å². The molecule has 0 amide bonds. The SMILES string of the molecule is CC(=O)c1ccc(S(=O)(=O)NNS(=O)(=O)c2cc(C)ccc2C)cc1. The summed E-state index contributed by atoms with van der Waals surface area (Å²) in [5, 5.41) is 0. The van der Waals surface area contributed by atoms with Crippen LogP contribution in [0.2, 0.25) is 0 Å². The first-order chi connectivity index (χ1) is 11.5. The first-order valence-corrected chi connectivity index (χ1v) is 10.2. The lowest BCUT2D eigenvalue weighted by Gasteiger charge is -2.12. The van der Waals surface area contributed by atoms with Gasteiger partial charge in [0.2, 0.25) is 0 Å². The van der Waals surface area contributed by atoms with Gasteiger partial charge in [0, 0.05) is 5.56 Å². The van der Waals surface area contributed by atoms with Crippen LogP contribution in [0.25, 0.3) is 0 Å². The van der Waals surface area contributed by atoms with E-state index in [4.69, 9.17) is 0 Å². The summed E-state index contributed by atoms with van der Waals surface area (Å²) in [4.78, 5) is 14.8. The summed E-state index contributed by atoms with van der Waals surface area (Å²) in [5.41, 5.74) is 1.58. The van der Waals surface area contributed by atoms with Crippen LogP contribution in [-0.2, 0) is 20.0 Å². The Balaban J connectivity index is 2.23. The Hall–Kier alpha value is -2.07. The number of Topliss-reactive ketones (excluding diaryl/α,β-unsaturated/α-hetero) is 1. The molecule has 2 aromatic rings. The quantitative estimate of drug-likeness (QED) is 0.583. The van der Waals surface area contributed by atoms with E-state index in [0.717, 1.165) is 5.56 Å². The minimum atomic E-state index is -4.12.